The summed E-state index contributed by atoms with van der Waals surface area (Å²) < 4.78 is 0. The van der Waals surface area contributed by atoms with Crippen LogP contribution < -0.4 is 0 Å². The van der Waals surface area contributed by atoms with E-state index in [1.807, 2.05) is 56.3 Å². The molecule has 0 fully saturated rings. The van der Waals surface area contributed by atoms with E-state index in [1.54, 1.807) is 0 Å². The standard InChI is InChI=1S/C22H16N2/c1-15-8-11-19-14-18(12-10-17-6-4-3-5-7-17)20-13-9-16(2)24-22(20)21(19)23-15/h3-9,11,13-14H,1-2H3. The second-order valence-corrected chi connectivity index (χ2v) is 5.91. The van der Waals surface area contributed by atoms with Gasteiger partial charge in [0.1, 0.15) is 0 Å². The van der Waals surface area contributed by atoms with E-state index in [0.29, 0.717) is 0 Å². The van der Waals surface area contributed by atoms with Crippen LogP contribution in [0.2, 0.25) is 0 Å². The van der Waals surface area contributed by atoms with Gasteiger partial charge in [0.15, 0.2) is 0 Å². The fraction of sp³-hybridized carbons (Fsp3) is 0.0909. The molecular formula is C22H16N2. The Balaban J connectivity index is 2.01. The van der Waals surface area contributed by atoms with E-state index in [4.69, 9.17) is 9.97 Å². The Morgan fingerprint density at radius 1 is 0.708 bits per heavy atom. The summed E-state index contributed by atoms with van der Waals surface area (Å²) in [5.74, 6) is 6.56. The number of rotatable bonds is 0. The van der Waals surface area contributed by atoms with Crippen molar-refractivity contribution in [3.8, 4) is 11.8 Å². The maximum absolute atomic E-state index is 4.73. The molecule has 2 heteroatoms. The first kappa shape index (κ1) is 14.4. The SMILES string of the molecule is Cc1ccc2cc(C#Cc3ccccc3)c3ccc(C)nc3c2n1. The Kier molecular flexibility index (Phi) is 3.48. The molecule has 0 aliphatic carbocycles. The molecule has 4 rings (SSSR count). The zero-order chi connectivity index (χ0) is 16.5. The third-order valence-electron chi connectivity index (χ3n) is 4.03. The van der Waals surface area contributed by atoms with Crippen LogP contribution in [0, 0.1) is 25.7 Å². The van der Waals surface area contributed by atoms with E-state index in [-0.39, 0.29) is 0 Å². The van der Waals surface area contributed by atoms with Gasteiger partial charge in [-0.1, -0.05) is 36.1 Å². The monoisotopic (exact) mass is 308 g/mol. The molecular weight excluding hydrogens is 292 g/mol. The van der Waals surface area contributed by atoms with Gasteiger partial charge >= 0.3 is 0 Å². The molecule has 0 saturated carbocycles. The number of fused-ring (bicyclic) bond motifs is 3. The lowest BCUT2D eigenvalue weighted by molar-refractivity contribution is 1.23. The third-order valence-corrected chi connectivity index (χ3v) is 4.03. The molecule has 0 radical (unpaired) electrons. The molecule has 0 spiro atoms. The molecule has 0 amide bonds. The lowest BCUT2D eigenvalue weighted by Gasteiger charge is -2.07. The molecule has 4 aromatic rings. The number of nitrogens with zero attached hydrogens (tertiary/aromatic N) is 2. The number of hydrogen-bond acceptors (Lipinski definition) is 2. The highest BCUT2D eigenvalue weighted by atomic mass is 14.8. The van der Waals surface area contributed by atoms with Crippen molar-refractivity contribution in [1.82, 2.24) is 9.97 Å². The van der Waals surface area contributed by atoms with E-state index in [9.17, 15) is 0 Å². The van der Waals surface area contributed by atoms with Crippen molar-refractivity contribution in [3.63, 3.8) is 0 Å². The lowest BCUT2D eigenvalue weighted by atomic mass is 10.0. The molecule has 0 saturated heterocycles. The number of benzene rings is 2. The highest BCUT2D eigenvalue weighted by molar-refractivity contribution is 6.05. The Hall–Kier alpha value is -3.18. The van der Waals surface area contributed by atoms with Crippen molar-refractivity contribution in [1.29, 1.82) is 0 Å². The molecule has 0 aliphatic heterocycles. The Labute approximate surface area is 141 Å². The van der Waals surface area contributed by atoms with Gasteiger partial charge in [0.05, 0.1) is 11.0 Å². The van der Waals surface area contributed by atoms with Crippen LogP contribution in [-0.4, -0.2) is 9.97 Å². The van der Waals surface area contributed by atoms with E-state index in [0.717, 1.165) is 44.3 Å². The lowest BCUT2D eigenvalue weighted by Crippen LogP contribution is -1.92. The molecule has 0 bridgehead atoms. The minimum atomic E-state index is 0.925. The van der Waals surface area contributed by atoms with Crippen molar-refractivity contribution in [2.24, 2.45) is 0 Å². The summed E-state index contributed by atoms with van der Waals surface area (Å²) in [4.78, 5) is 9.42. The van der Waals surface area contributed by atoms with Crippen molar-refractivity contribution < 1.29 is 0 Å². The minimum Gasteiger partial charge on any atom is -0.251 e. The van der Waals surface area contributed by atoms with Crippen molar-refractivity contribution in [2.45, 2.75) is 13.8 Å². The van der Waals surface area contributed by atoms with Crippen LogP contribution >= 0.6 is 0 Å². The molecule has 0 unspecified atom stereocenters. The van der Waals surface area contributed by atoms with Crippen LogP contribution in [0.5, 0.6) is 0 Å². The van der Waals surface area contributed by atoms with Gasteiger partial charge in [-0.05, 0) is 50.2 Å². The van der Waals surface area contributed by atoms with Crippen LogP contribution in [0.1, 0.15) is 22.5 Å². The average Bonchev–Trinajstić information content (AvgIpc) is 2.61. The Morgan fingerprint density at radius 2 is 1.42 bits per heavy atom. The van der Waals surface area contributed by atoms with Crippen LogP contribution in [0.25, 0.3) is 21.8 Å². The molecule has 0 aliphatic rings. The maximum atomic E-state index is 4.73. The van der Waals surface area contributed by atoms with Crippen LogP contribution in [0.3, 0.4) is 0 Å². The minimum absolute atomic E-state index is 0.925. The largest absolute Gasteiger partial charge is 0.251 e. The van der Waals surface area contributed by atoms with E-state index in [2.05, 4.69) is 30.0 Å². The molecule has 2 aromatic heterocycles. The van der Waals surface area contributed by atoms with Crippen molar-refractivity contribution in [2.75, 3.05) is 0 Å². The molecule has 0 atom stereocenters. The van der Waals surface area contributed by atoms with Crippen LogP contribution in [-0.2, 0) is 0 Å². The van der Waals surface area contributed by atoms with E-state index >= 15 is 0 Å². The summed E-state index contributed by atoms with van der Waals surface area (Å²) in [7, 11) is 0. The van der Waals surface area contributed by atoms with Gasteiger partial charge in [-0.3, -0.25) is 9.97 Å². The molecule has 24 heavy (non-hydrogen) atoms. The predicted molar refractivity (Wildman–Crippen MR) is 98.9 cm³/mol. The van der Waals surface area contributed by atoms with Crippen LogP contribution in [0.4, 0.5) is 0 Å². The third kappa shape index (κ3) is 2.61. The summed E-state index contributed by atoms with van der Waals surface area (Å²) in [5.41, 5.74) is 5.84. The summed E-state index contributed by atoms with van der Waals surface area (Å²) in [5, 5.41) is 2.12. The Bertz CT molecular complexity index is 1120. The zero-order valence-electron chi connectivity index (χ0n) is 13.7. The van der Waals surface area contributed by atoms with E-state index in [1.165, 1.54) is 0 Å². The second kappa shape index (κ2) is 5.79. The van der Waals surface area contributed by atoms with Gasteiger partial charge in [0.2, 0.25) is 0 Å². The number of pyridine rings is 2. The fourth-order valence-electron chi connectivity index (χ4n) is 2.83. The molecule has 2 heterocycles. The average molecular weight is 308 g/mol. The first-order valence-corrected chi connectivity index (χ1v) is 7.95. The summed E-state index contributed by atoms with van der Waals surface area (Å²) in [6.45, 7) is 4.01. The Morgan fingerprint density at radius 3 is 2.21 bits per heavy atom. The van der Waals surface area contributed by atoms with Gasteiger partial charge < -0.3 is 0 Å². The molecule has 2 aromatic carbocycles. The summed E-state index contributed by atoms with van der Waals surface area (Å²) in [6, 6.07) is 20.4. The smallest absolute Gasteiger partial charge is 0.0980 e. The van der Waals surface area contributed by atoms with Crippen molar-refractivity contribution in [3.05, 3.63) is 83.2 Å². The number of hydrogen-bond donors (Lipinski definition) is 0. The van der Waals surface area contributed by atoms with Crippen molar-refractivity contribution >= 4 is 21.8 Å². The van der Waals surface area contributed by atoms with Gasteiger partial charge in [-0.25, -0.2) is 0 Å². The summed E-state index contributed by atoms with van der Waals surface area (Å²) >= 11 is 0. The number of aromatic nitrogens is 2. The van der Waals surface area contributed by atoms with E-state index < -0.39 is 0 Å². The zero-order valence-corrected chi connectivity index (χ0v) is 13.7. The van der Waals surface area contributed by atoms with Gasteiger partial charge in [0.25, 0.3) is 0 Å². The highest BCUT2D eigenvalue weighted by Crippen LogP contribution is 2.26. The molecule has 2 nitrogen and oxygen atoms in total. The topological polar surface area (TPSA) is 25.8 Å². The fourth-order valence-corrected chi connectivity index (χ4v) is 2.83. The first-order valence-electron chi connectivity index (χ1n) is 7.95. The second-order valence-electron chi connectivity index (χ2n) is 5.91. The molecule has 114 valence electrons. The predicted octanol–water partition coefficient (Wildman–Crippen LogP) is 4.80. The van der Waals surface area contributed by atoms with Gasteiger partial charge in [-0.15, -0.1) is 0 Å². The quantitative estimate of drug-likeness (QED) is 0.344. The molecule has 0 N–H and O–H groups in total. The van der Waals surface area contributed by atoms with Crippen LogP contribution in [0.15, 0.2) is 60.7 Å². The maximum Gasteiger partial charge on any atom is 0.0980 e. The highest BCUT2D eigenvalue weighted by Gasteiger charge is 2.08. The number of aryl methyl sites for hydroxylation is 2. The normalized spacial score (nSPS) is 10.6. The van der Waals surface area contributed by atoms with Gasteiger partial charge in [0, 0.05) is 33.3 Å². The first-order chi connectivity index (χ1) is 11.7. The van der Waals surface area contributed by atoms with Gasteiger partial charge in [-0.2, -0.15) is 0 Å². The summed E-state index contributed by atoms with van der Waals surface area (Å²) in [6.07, 6.45) is 0.